The minimum atomic E-state index is -0.106. The van der Waals surface area contributed by atoms with Crippen LogP contribution in [-0.2, 0) is 0 Å². The van der Waals surface area contributed by atoms with E-state index in [4.69, 9.17) is 5.26 Å². The quantitative estimate of drug-likeness (QED) is 0.868. The molecule has 5 nitrogen and oxygen atoms in total. The number of hydrogen-bond acceptors (Lipinski definition) is 3. The molecule has 0 bridgehead atoms. The number of carbonyl (C=O) groups excluding carboxylic acids is 2. The minimum absolute atomic E-state index is 0.0667. The number of likely N-dealkylation sites (tertiary alicyclic amines) is 1. The Kier molecular flexibility index (Phi) is 5.30. The molecule has 0 aliphatic carbocycles. The lowest BCUT2D eigenvalue weighted by molar-refractivity contribution is 0.0659. The molecule has 1 N–H and O–H groups in total. The number of nitriles is 1. The summed E-state index contributed by atoms with van der Waals surface area (Å²) in [5.41, 5.74) is 1.54. The van der Waals surface area contributed by atoms with E-state index in [0.717, 1.165) is 25.7 Å². The lowest BCUT2D eigenvalue weighted by Crippen LogP contribution is -2.41. The topological polar surface area (TPSA) is 77.0 Å². The average molecular weight is 335 g/mol. The van der Waals surface area contributed by atoms with Gasteiger partial charge in [0.05, 0.1) is 5.56 Å². The van der Waals surface area contributed by atoms with Gasteiger partial charge in [0.1, 0.15) is 11.8 Å². The van der Waals surface area contributed by atoms with Gasteiger partial charge >= 0.3 is 0 Å². The highest BCUT2D eigenvalue weighted by Crippen LogP contribution is 2.23. The lowest BCUT2D eigenvalue weighted by Gasteiger charge is -2.29. The molecule has 1 aliphatic rings. The van der Waals surface area contributed by atoms with Crippen molar-refractivity contribution in [3.63, 3.8) is 0 Å². The van der Waals surface area contributed by atoms with Gasteiger partial charge in [-0.2, -0.15) is 5.26 Å². The van der Waals surface area contributed by atoms with Crippen molar-refractivity contribution in [3.8, 4) is 6.07 Å². The fourth-order valence-corrected chi connectivity index (χ4v) is 3.36. The fraction of sp³-hybridized carbons (Fsp3) is 0.350. The summed E-state index contributed by atoms with van der Waals surface area (Å²) in [5, 5.41) is 8.93. The molecule has 2 aromatic rings. The predicted octanol–water partition coefficient (Wildman–Crippen LogP) is 3.54. The molecular weight excluding hydrogens is 314 g/mol. The van der Waals surface area contributed by atoms with Crippen molar-refractivity contribution in [1.29, 1.82) is 5.26 Å². The van der Waals surface area contributed by atoms with Gasteiger partial charge in [-0.3, -0.25) is 9.59 Å². The molecule has 1 saturated heterocycles. The largest absolute Gasteiger partial charge is 0.352 e. The molecule has 0 unspecified atom stereocenters. The average Bonchev–Trinajstić information content (AvgIpc) is 3.02. The molecule has 0 radical (unpaired) electrons. The first-order valence-corrected chi connectivity index (χ1v) is 8.67. The molecule has 128 valence electrons. The molecule has 0 spiro atoms. The van der Waals surface area contributed by atoms with Gasteiger partial charge in [-0.25, -0.2) is 0 Å². The van der Waals surface area contributed by atoms with Crippen LogP contribution in [0.25, 0.3) is 0 Å². The van der Waals surface area contributed by atoms with Crippen LogP contribution in [0.4, 0.5) is 0 Å². The SMILES string of the molecule is N#Cc1cc(C(=O)N2CCCCC[C@@H]2CC(=O)c2ccccc2)c[nH]1. The van der Waals surface area contributed by atoms with Crippen LogP contribution >= 0.6 is 0 Å². The van der Waals surface area contributed by atoms with E-state index in [9.17, 15) is 9.59 Å². The van der Waals surface area contributed by atoms with Gasteiger partial charge in [0, 0.05) is 30.8 Å². The first-order valence-electron chi connectivity index (χ1n) is 8.67. The van der Waals surface area contributed by atoms with Crippen molar-refractivity contribution >= 4 is 11.7 Å². The van der Waals surface area contributed by atoms with E-state index in [0.29, 0.717) is 29.8 Å². The van der Waals surface area contributed by atoms with Gasteiger partial charge in [0.15, 0.2) is 5.78 Å². The van der Waals surface area contributed by atoms with Crippen molar-refractivity contribution in [3.05, 3.63) is 59.4 Å². The summed E-state index contributed by atoms with van der Waals surface area (Å²) >= 11 is 0. The monoisotopic (exact) mass is 335 g/mol. The second-order valence-corrected chi connectivity index (χ2v) is 6.41. The van der Waals surface area contributed by atoms with Crippen LogP contribution in [0.3, 0.4) is 0 Å². The number of carbonyl (C=O) groups is 2. The number of benzene rings is 1. The second kappa shape index (κ2) is 7.80. The van der Waals surface area contributed by atoms with E-state index in [1.807, 2.05) is 41.3 Å². The number of ketones is 1. The van der Waals surface area contributed by atoms with E-state index >= 15 is 0 Å². The Morgan fingerprint density at radius 2 is 1.96 bits per heavy atom. The maximum Gasteiger partial charge on any atom is 0.255 e. The zero-order valence-corrected chi connectivity index (χ0v) is 14.1. The Labute approximate surface area is 147 Å². The summed E-state index contributed by atoms with van der Waals surface area (Å²) in [6.07, 6.45) is 5.77. The number of hydrogen-bond donors (Lipinski definition) is 1. The number of rotatable bonds is 4. The molecule has 1 aliphatic heterocycles. The summed E-state index contributed by atoms with van der Waals surface area (Å²) in [4.78, 5) is 30.1. The molecule has 1 aromatic carbocycles. The van der Waals surface area contributed by atoms with E-state index in [-0.39, 0.29) is 17.7 Å². The smallest absolute Gasteiger partial charge is 0.255 e. The molecule has 1 aromatic heterocycles. The molecule has 3 rings (SSSR count). The Morgan fingerprint density at radius 3 is 2.68 bits per heavy atom. The molecule has 1 amide bonds. The van der Waals surface area contributed by atoms with Gasteiger partial charge in [-0.15, -0.1) is 0 Å². The normalized spacial score (nSPS) is 17.6. The molecular formula is C20H21N3O2. The van der Waals surface area contributed by atoms with Crippen molar-refractivity contribution in [2.75, 3.05) is 6.54 Å². The number of nitrogens with one attached hydrogen (secondary N) is 1. The zero-order valence-electron chi connectivity index (χ0n) is 14.1. The molecule has 1 fully saturated rings. The highest BCUT2D eigenvalue weighted by Gasteiger charge is 2.28. The number of nitrogens with zero attached hydrogens (tertiary/aromatic N) is 2. The highest BCUT2D eigenvalue weighted by molar-refractivity contribution is 5.98. The maximum atomic E-state index is 12.9. The van der Waals surface area contributed by atoms with Gasteiger partial charge in [-0.1, -0.05) is 43.2 Å². The Morgan fingerprint density at radius 1 is 1.16 bits per heavy atom. The predicted molar refractivity (Wildman–Crippen MR) is 94.2 cm³/mol. The summed E-state index contributed by atoms with van der Waals surface area (Å²) in [6.45, 7) is 0.651. The van der Waals surface area contributed by atoms with Gasteiger partial charge in [0.25, 0.3) is 5.91 Å². The number of H-pyrrole nitrogens is 1. The fourth-order valence-electron chi connectivity index (χ4n) is 3.36. The third kappa shape index (κ3) is 3.97. The zero-order chi connectivity index (χ0) is 17.6. The number of Topliss-reactive ketones (excluding diaryl/α,β-unsaturated/α-hetero) is 1. The second-order valence-electron chi connectivity index (χ2n) is 6.41. The molecule has 0 saturated carbocycles. The number of aromatic nitrogens is 1. The molecule has 5 heteroatoms. The van der Waals surface area contributed by atoms with Crippen LogP contribution in [0.15, 0.2) is 42.6 Å². The van der Waals surface area contributed by atoms with Gasteiger partial charge in [0.2, 0.25) is 0 Å². The van der Waals surface area contributed by atoms with Crippen molar-refractivity contribution < 1.29 is 9.59 Å². The third-order valence-corrected chi connectivity index (χ3v) is 4.71. The minimum Gasteiger partial charge on any atom is -0.352 e. The van der Waals surface area contributed by atoms with E-state index in [2.05, 4.69) is 4.98 Å². The summed E-state index contributed by atoms with van der Waals surface area (Å²) in [6, 6.07) is 12.7. The summed E-state index contributed by atoms with van der Waals surface area (Å²) in [7, 11) is 0. The van der Waals surface area contributed by atoms with E-state index in [1.54, 1.807) is 12.3 Å². The van der Waals surface area contributed by atoms with Crippen LogP contribution in [0.5, 0.6) is 0 Å². The number of aromatic amines is 1. The standard InChI is InChI=1S/C20H21N3O2/c21-13-17-11-16(14-22-17)20(25)23-10-6-2-5-9-18(23)12-19(24)15-7-3-1-4-8-15/h1,3-4,7-8,11,14,18,22H,2,5-6,9-10,12H2/t18-/m1/s1. The van der Waals surface area contributed by atoms with Gasteiger partial charge in [-0.05, 0) is 18.9 Å². The Hall–Kier alpha value is -2.87. The first kappa shape index (κ1) is 17.0. The number of amides is 1. The van der Waals surface area contributed by atoms with E-state index < -0.39 is 0 Å². The Balaban J connectivity index is 1.78. The molecule has 25 heavy (non-hydrogen) atoms. The third-order valence-electron chi connectivity index (χ3n) is 4.71. The van der Waals surface area contributed by atoms with Crippen LogP contribution in [-0.4, -0.2) is 34.2 Å². The summed E-state index contributed by atoms with van der Waals surface area (Å²) in [5.74, 6) is -0.0393. The lowest BCUT2D eigenvalue weighted by atomic mass is 9.99. The first-order chi connectivity index (χ1) is 12.2. The van der Waals surface area contributed by atoms with Crippen molar-refractivity contribution in [1.82, 2.24) is 9.88 Å². The maximum absolute atomic E-state index is 12.9. The van der Waals surface area contributed by atoms with Crippen LogP contribution in [0, 0.1) is 11.3 Å². The van der Waals surface area contributed by atoms with Crippen molar-refractivity contribution in [2.45, 2.75) is 38.1 Å². The van der Waals surface area contributed by atoms with Gasteiger partial charge < -0.3 is 9.88 Å². The Bertz CT molecular complexity index is 789. The molecule has 2 heterocycles. The van der Waals surface area contributed by atoms with Crippen LogP contribution in [0.2, 0.25) is 0 Å². The highest BCUT2D eigenvalue weighted by atomic mass is 16.2. The van der Waals surface area contributed by atoms with E-state index in [1.165, 1.54) is 0 Å². The molecule has 1 atom stereocenters. The summed E-state index contributed by atoms with van der Waals surface area (Å²) < 4.78 is 0. The van der Waals surface area contributed by atoms with Crippen molar-refractivity contribution in [2.24, 2.45) is 0 Å². The van der Waals surface area contributed by atoms with Crippen LogP contribution < -0.4 is 0 Å². The van der Waals surface area contributed by atoms with Crippen LogP contribution in [0.1, 0.15) is 58.5 Å².